The van der Waals surface area contributed by atoms with Gasteiger partial charge in [-0.05, 0) is 17.7 Å². The van der Waals surface area contributed by atoms with Gasteiger partial charge in [0.2, 0.25) is 11.8 Å². The van der Waals surface area contributed by atoms with Crippen molar-refractivity contribution in [1.82, 2.24) is 15.5 Å². The lowest BCUT2D eigenvalue weighted by Crippen LogP contribution is -2.42. The summed E-state index contributed by atoms with van der Waals surface area (Å²) in [5.74, 6) is -1.54. The van der Waals surface area contributed by atoms with Crippen molar-refractivity contribution in [2.45, 2.75) is 6.42 Å². The molecule has 2 aromatic rings. The van der Waals surface area contributed by atoms with Gasteiger partial charge in [-0.15, -0.1) is 0 Å². The third kappa shape index (κ3) is 4.38. The summed E-state index contributed by atoms with van der Waals surface area (Å²) in [7, 11) is 0. The van der Waals surface area contributed by atoms with Gasteiger partial charge < -0.3 is 10.6 Å². The molecule has 3 rings (SSSR count). The molecule has 2 N–H and O–H groups in total. The third-order valence-electron chi connectivity index (χ3n) is 4.16. The van der Waals surface area contributed by atoms with Gasteiger partial charge in [-0.3, -0.25) is 24.1 Å². The predicted molar refractivity (Wildman–Crippen MR) is 98.0 cm³/mol. The molecule has 0 unspecified atom stereocenters. The molecule has 138 valence electrons. The number of nitrogens with one attached hydrogen (secondary N) is 2. The molecule has 1 aliphatic rings. The number of fused-ring (bicyclic) bond motifs is 1. The highest BCUT2D eigenvalue weighted by Gasteiger charge is 2.36. The van der Waals surface area contributed by atoms with E-state index in [1.54, 1.807) is 24.3 Å². The van der Waals surface area contributed by atoms with Gasteiger partial charge in [0.05, 0.1) is 17.5 Å². The minimum Gasteiger partial charge on any atom is -0.354 e. The lowest BCUT2D eigenvalue weighted by Gasteiger charge is -2.13. The van der Waals surface area contributed by atoms with Crippen molar-refractivity contribution in [1.29, 1.82) is 0 Å². The van der Waals surface area contributed by atoms with E-state index in [4.69, 9.17) is 0 Å². The van der Waals surface area contributed by atoms with Crippen LogP contribution in [0.4, 0.5) is 0 Å². The molecule has 0 radical (unpaired) electrons. The van der Waals surface area contributed by atoms with Gasteiger partial charge in [-0.25, -0.2) is 0 Å². The van der Waals surface area contributed by atoms with E-state index in [1.807, 2.05) is 30.3 Å². The normalized spacial score (nSPS) is 12.7. The van der Waals surface area contributed by atoms with E-state index in [0.29, 0.717) is 11.1 Å². The van der Waals surface area contributed by atoms with Gasteiger partial charge in [-0.1, -0.05) is 42.5 Å². The standard InChI is InChI=1S/C20H19N3O4/c24-17(12-14-6-2-1-3-7-14)21-10-11-22-18(25)13-23-19(26)15-8-4-5-9-16(15)20(23)27/h1-9H,10-13H2,(H,21,24)(H,22,25). The lowest BCUT2D eigenvalue weighted by atomic mass is 10.1. The van der Waals surface area contributed by atoms with Crippen molar-refractivity contribution in [3.05, 3.63) is 71.3 Å². The zero-order valence-electron chi connectivity index (χ0n) is 14.6. The zero-order chi connectivity index (χ0) is 19.2. The molecule has 0 spiro atoms. The van der Waals surface area contributed by atoms with E-state index in [-0.39, 0.29) is 32.0 Å². The Morgan fingerprint density at radius 2 is 1.26 bits per heavy atom. The van der Waals surface area contributed by atoms with E-state index in [9.17, 15) is 19.2 Å². The Labute approximate surface area is 156 Å². The van der Waals surface area contributed by atoms with Crippen LogP contribution in [0.5, 0.6) is 0 Å². The summed E-state index contributed by atoms with van der Waals surface area (Å²) in [5, 5.41) is 5.31. The van der Waals surface area contributed by atoms with Crippen molar-refractivity contribution < 1.29 is 19.2 Å². The van der Waals surface area contributed by atoms with Crippen molar-refractivity contribution in [3.8, 4) is 0 Å². The van der Waals surface area contributed by atoms with Crippen molar-refractivity contribution >= 4 is 23.6 Å². The highest BCUT2D eigenvalue weighted by molar-refractivity contribution is 6.22. The quantitative estimate of drug-likeness (QED) is 0.559. The lowest BCUT2D eigenvalue weighted by molar-refractivity contribution is -0.122. The predicted octanol–water partition coefficient (Wildman–Crippen LogP) is 0.758. The van der Waals surface area contributed by atoms with Gasteiger partial charge in [-0.2, -0.15) is 0 Å². The number of hydrogen-bond donors (Lipinski definition) is 2. The number of nitrogens with zero attached hydrogens (tertiary/aromatic N) is 1. The molecular formula is C20H19N3O4. The maximum atomic E-state index is 12.2. The molecule has 0 aromatic heterocycles. The summed E-state index contributed by atoms with van der Waals surface area (Å²) in [6.07, 6.45) is 0.268. The summed E-state index contributed by atoms with van der Waals surface area (Å²) in [6, 6.07) is 15.8. The number of benzene rings is 2. The van der Waals surface area contributed by atoms with Crippen LogP contribution in [0.25, 0.3) is 0 Å². The molecule has 0 saturated heterocycles. The average Bonchev–Trinajstić information content (AvgIpc) is 2.91. The number of hydrogen-bond acceptors (Lipinski definition) is 4. The number of rotatable bonds is 7. The first-order chi connectivity index (χ1) is 13.1. The molecule has 27 heavy (non-hydrogen) atoms. The molecule has 0 aliphatic carbocycles. The molecule has 1 aliphatic heterocycles. The summed E-state index contributed by atoms with van der Waals surface area (Å²) in [4.78, 5) is 49.2. The second-order valence-electron chi connectivity index (χ2n) is 6.10. The summed E-state index contributed by atoms with van der Waals surface area (Å²) < 4.78 is 0. The first-order valence-corrected chi connectivity index (χ1v) is 8.59. The van der Waals surface area contributed by atoms with Crippen LogP contribution in [-0.4, -0.2) is 48.2 Å². The minimum atomic E-state index is -0.470. The van der Waals surface area contributed by atoms with Crippen LogP contribution in [0.3, 0.4) is 0 Å². The number of imide groups is 1. The van der Waals surface area contributed by atoms with Crippen LogP contribution in [0.2, 0.25) is 0 Å². The topological polar surface area (TPSA) is 95.6 Å². The van der Waals surface area contributed by atoms with E-state index in [2.05, 4.69) is 10.6 Å². The average molecular weight is 365 g/mol. The first-order valence-electron chi connectivity index (χ1n) is 8.59. The molecule has 0 bridgehead atoms. The Hall–Kier alpha value is -3.48. The molecule has 0 saturated carbocycles. The minimum absolute atomic E-state index is 0.143. The largest absolute Gasteiger partial charge is 0.354 e. The van der Waals surface area contributed by atoms with Crippen LogP contribution in [0, 0.1) is 0 Å². The van der Waals surface area contributed by atoms with Gasteiger partial charge in [0, 0.05) is 13.1 Å². The van der Waals surface area contributed by atoms with Gasteiger partial charge in [0.15, 0.2) is 0 Å². The molecule has 0 fully saturated rings. The van der Waals surface area contributed by atoms with Gasteiger partial charge in [0.1, 0.15) is 6.54 Å². The number of carbonyl (C=O) groups is 4. The van der Waals surface area contributed by atoms with Crippen LogP contribution >= 0.6 is 0 Å². The summed E-state index contributed by atoms with van der Waals surface area (Å²) in [5.41, 5.74) is 1.52. The highest BCUT2D eigenvalue weighted by atomic mass is 16.2. The van der Waals surface area contributed by atoms with Crippen LogP contribution in [-0.2, 0) is 16.0 Å². The number of carbonyl (C=O) groups excluding carboxylic acids is 4. The summed E-state index contributed by atoms with van der Waals surface area (Å²) in [6.45, 7) is 0.131. The van der Waals surface area contributed by atoms with Crippen LogP contribution in [0.15, 0.2) is 54.6 Å². The van der Waals surface area contributed by atoms with Crippen LogP contribution in [0.1, 0.15) is 26.3 Å². The van der Waals surface area contributed by atoms with Crippen LogP contribution < -0.4 is 10.6 Å². The van der Waals surface area contributed by atoms with Crippen molar-refractivity contribution in [2.24, 2.45) is 0 Å². The fourth-order valence-corrected chi connectivity index (χ4v) is 2.83. The van der Waals surface area contributed by atoms with Gasteiger partial charge >= 0.3 is 0 Å². The number of amides is 4. The highest BCUT2D eigenvalue weighted by Crippen LogP contribution is 2.21. The Bertz CT molecular complexity index is 845. The fourth-order valence-electron chi connectivity index (χ4n) is 2.83. The molecule has 1 heterocycles. The molecule has 7 nitrogen and oxygen atoms in total. The molecule has 0 atom stereocenters. The Morgan fingerprint density at radius 3 is 1.85 bits per heavy atom. The monoisotopic (exact) mass is 365 g/mol. The Balaban J connectivity index is 1.40. The van der Waals surface area contributed by atoms with E-state index in [1.165, 1.54) is 0 Å². The fraction of sp³-hybridized carbons (Fsp3) is 0.200. The zero-order valence-corrected chi connectivity index (χ0v) is 14.6. The smallest absolute Gasteiger partial charge is 0.262 e. The Morgan fingerprint density at radius 1 is 0.741 bits per heavy atom. The second kappa shape index (κ2) is 8.27. The molecule has 4 amide bonds. The van der Waals surface area contributed by atoms with E-state index in [0.717, 1.165) is 10.5 Å². The van der Waals surface area contributed by atoms with Crippen molar-refractivity contribution in [2.75, 3.05) is 19.6 Å². The van der Waals surface area contributed by atoms with Crippen molar-refractivity contribution in [3.63, 3.8) is 0 Å². The SMILES string of the molecule is O=C(Cc1ccccc1)NCCNC(=O)CN1C(=O)c2ccccc2C1=O. The van der Waals surface area contributed by atoms with E-state index < -0.39 is 17.7 Å². The molecule has 2 aromatic carbocycles. The molecular weight excluding hydrogens is 346 g/mol. The Kier molecular flexibility index (Phi) is 5.61. The maximum Gasteiger partial charge on any atom is 0.262 e. The second-order valence-corrected chi connectivity index (χ2v) is 6.10. The first kappa shape index (κ1) is 18.3. The van der Waals surface area contributed by atoms with Gasteiger partial charge in [0.25, 0.3) is 11.8 Å². The summed E-state index contributed by atoms with van der Waals surface area (Å²) >= 11 is 0. The molecule has 7 heteroatoms. The van der Waals surface area contributed by atoms with E-state index >= 15 is 0 Å². The third-order valence-corrected chi connectivity index (χ3v) is 4.16. The maximum absolute atomic E-state index is 12.2.